The molecule has 0 bridgehead atoms. The summed E-state index contributed by atoms with van der Waals surface area (Å²) in [5, 5.41) is 3.97. The van der Waals surface area contributed by atoms with E-state index in [1.165, 1.54) is 11.1 Å². The molecule has 0 aliphatic carbocycles. The fourth-order valence-corrected chi connectivity index (χ4v) is 2.19. The van der Waals surface area contributed by atoms with Crippen LogP contribution in [0.2, 0.25) is 5.02 Å². The molecule has 0 aromatic heterocycles. The number of hydrogen-bond acceptors (Lipinski definition) is 2. The van der Waals surface area contributed by atoms with E-state index in [0.29, 0.717) is 10.7 Å². The highest BCUT2D eigenvalue weighted by atomic mass is 35.5. The second-order valence-corrected chi connectivity index (χ2v) is 4.71. The van der Waals surface area contributed by atoms with Gasteiger partial charge in [-0.3, -0.25) is 0 Å². The Bertz CT molecular complexity index is 518. The van der Waals surface area contributed by atoms with Gasteiger partial charge in [0.05, 0.1) is 16.4 Å². The lowest BCUT2D eigenvalue weighted by Gasteiger charge is -2.11. The van der Waals surface area contributed by atoms with E-state index in [1.807, 2.05) is 18.2 Å². The van der Waals surface area contributed by atoms with Crippen LogP contribution in [0.3, 0.4) is 0 Å². The Hall–Kier alpha value is -1.67. The minimum Gasteiger partial charge on any atom is -0.397 e. The summed E-state index contributed by atoms with van der Waals surface area (Å²) in [4.78, 5) is 0. The normalized spacial score (nSPS) is 10.3. The van der Waals surface area contributed by atoms with Crippen molar-refractivity contribution >= 4 is 23.0 Å². The first-order valence-electron chi connectivity index (χ1n) is 6.01. The van der Waals surface area contributed by atoms with Gasteiger partial charge in [-0.05, 0) is 36.6 Å². The Balaban J connectivity index is 1.99. The molecule has 0 saturated carbocycles. The van der Waals surface area contributed by atoms with Crippen molar-refractivity contribution in [3.63, 3.8) is 0 Å². The number of rotatable bonds is 4. The summed E-state index contributed by atoms with van der Waals surface area (Å²) < 4.78 is 0. The van der Waals surface area contributed by atoms with Crippen molar-refractivity contribution in [1.82, 2.24) is 0 Å². The largest absolute Gasteiger partial charge is 0.397 e. The maximum Gasteiger partial charge on any atom is 0.0763 e. The van der Waals surface area contributed by atoms with E-state index in [2.05, 4.69) is 36.5 Å². The van der Waals surface area contributed by atoms with Crippen LogP contribution in [-0.2, 0) is 6.42 Å². The van der Waals surface area contributed by atoms with Crippen LogP contribution in [0.5, 0.6) is 0 Å². The van der Waals surface area contributed by atoms with Crippen LogP contribution in [0.4, 0.5) is 11.4 Å². The van der Waals surface area contributed by atoms with Gasteiger partial charge in [-0.1, -0.05) is 41.9 Å². The first-order chi connectivity index (χ1) is 8.68. The number of nitrogens with one attached hydrogen (secondary N) is 1. The molecular formula is C15H17ClN2. The van der Waals surface area contributed by atoms with E-state index < -0.39 is 0 Å². The third-order valence-corrected chi connectivity index (χ3v) is 3.32. The standard InChI is InChI=1S/C15H17ClN2/c1-11-5-2-3-6-12(11)9-10-18-15-13(16)7-4-8-14(15)17/h2-8,18H,9-10,17H2,1H3. The molecule has 2 rings (SSSR count). The average molecular weight is 261 g/mol. The summed E-state index contributed by atoms with van der Waals surface area (Å²) in [7, 11) is 0. The predicted molar refractivity (Wildman–Crippen MR) is 79.2 cm³/mol. The number of nitrogens with two attached hydrogens (primary N) is 1. The molecule has 0 aliphatic rings. The number of nitrogen functional groups attached to an aromatic ring is 1. The highest BCUT2D eigenvalue weighted by Crippen LogP contribution is 2.27. The fourth-order valence-electron chi connectivity index (χ4n) is 1.94. The van der Waals surface area contributed by atoms with Crippen molar-refractivity contribution in [2.45, 2.75) is 13.3 Å². The van der Waals surface area contributed by atoms with Gasteiger partial charge in [-0.2, -0.15) is 0 Å². The topological polar surface area (TPSA) is 38.0 Å². The summed E-state index contributed by atoms with van der Waals surface area (Å²) in [5.41, 5.74) is 10.1. The van der Waals surface area contributed by atoms with Crippen LogP contribution in [0.25, 0.3) is 0 Å². The molecule has 0 heterocycles. The van der Waals surface area contributed by atoms with Crippen molar-refractivity contribution in [2.24, 2.45) is 0 Å². The van der Waals surface area contributed by atoms with Gasteiger partial charge in [0.1, 0.15) is 0 Å². The van der Waals surface area contributed by atoms with E-state index in [4.69, 9.17) is 17.3 Å². The Morgan fingerprint density at radius 2 is 1.89 bits per heavy atom. The Morgan fingerprint density at radius 1 is 1.11 bits per heavy atom. The molecule has 94 valence electrons. The lowest BCUT2D eigenvalue weighted by Crippen LogP contribution is -2.08. The predicted octanol–water partition coefficient (Wildman–Crippen LogP) is 3.89. The molecule has 2 aromatic carbocycles. The molecule has 0 fully saturated rings. The van der Waals surface area contributed by atoms with E-state index in [0.717, 1.165) is 18.7 Å². The SMILES string of the molecule is Cc1ccccc1CCNc1c(N)cccc1Cl. The first-order valence-corrected chi connectivity index (χ1v) is 6.38. The number of aryl methyl sites for hydroxylation is 1. The number of anilines is 2. The van der Waals surface area contributed by atoms with Crippen molar-refractivity contribution in [1.29, 1.82) is 0 Å². The van der Waals surface area contributed by atoms with Gasteiger partial charge < -0.3 is 11.1 Å². The van der Waals surface area contributed by atoms with E-state index >= 15 is 0 Å². The third-order valence-electron chi connectivity index (χ3n) is 3.00. The van der Waals surface area contributed by atoms with Crippen LogP contribution in [0.1, 0.15) is 11.1 Å². The second kappa shape index (κ2) is 5.78. The van der Waals surface area contributed by atoms with Gasteiger partial charge in [0, 0.05) is 6.54 Å². The van der Waals surface area contributed by atoms with Gasteiger partial charge >= 0.3 is 0 Å². The molecule has 3 N–H and O–H groups in total. The molecule has 0 unspecified atom stereocenters. The smallest absolute Gasteiger partial charge is 0.0763 e. The number of hydrogen-bond donors (Lipinski definition) is 2. The molecule has 0 radical (unpaired) electrons. The minimum absolute atomic E-state index is 0.666. The molecule has 18 heavy (non-hydrogen) atoms. The zero-order chi connectivity index (χ0) is 13.0. The maximum absolute atomic E-state index is 6.10. The summed E-state index contributed by atoms with van der Waals surface area (Å²) in [6.45, 7) is 2.94. The molecule has 0 aliphatic heterocycles. The van der Waals surface area contributed by atoms with Crippen molar-refractivity contribution < 1.29 is 0 Å². The van der Waals surface area contributed by atoms with Gasteiger partial charge in [-0.15, -0.1) is 0 Å². The lowest BCUT2D eigenvalue weighted by atomic mass is 10.1. The van der Waals surface area contributed by atoms with Crippen LogP contribution in [-0.4, -0.2) is 6.54 Å². The van der Waals surface area contributed by atoms with Crippen molar-refractivity contribution in [3.8, 4) is 0 Å². The third kappa shape index (κ3) is 2.96. The fraction of sp³-hybridized carbons (Fsp3) is 0.200. The van der Waals surface area contributed by atoms with Gasteiger partial charge in [0.15, 0.2) is 0 Å². The van der Waals surface area contributed by atoms with Gasteiger partial charge in [0.2, 0.25) is 0 Å². The summed E-state index contributed by atoms with van der Waals surface area (Å²) in [6.07, 6.45) is 0.956. The summed E-state index contributed by atoms with van der Waals surface area (Å²) >= 11 is 6.10. The van der Waals surface area contributed by atoms with E-state index in [1.54, 1.807) is 0 Å². The Kier molecular flexibility index (Phi) is 4.11. The lowest BCUT2D eigenvalue weighted by molar-refractivity contribution is 1.01. The van der Waals surface area contributed by atoms with E-state index in [-0.39, 0.29) is 0 Å². The van der Waals surface area contributed by atoms with E-state index in [9.17, 15) is 0 Å². The molecule has 0 atom stereocenters. The summed E-state index contributed by atoms with van der Waals surface area (Å²) in [5.74, 6) is 0. The molecule has 0 spiro atoms. The zero-order valence-electron chi connectivity index (χ0n) is 10.4. The summed E-state index contributed by atoms with van der Waals surface area (Å²) in [6, 6.07) is 13.9. The monoisotopic (exact) mass is 260 g/mol. The highest BCUT2D eigenvalue weighted by Gasteiger charge is 2.03. The highest BCUT2D eigenvalue weighted by molar-refractivity contribution is 6.33. The molecule has 2 nitrogen and oxygen atoms in total. The van der Waals surface area contributed by atoms with Gasteiger partial charge in [-0.25, -0.2) is 0 Å². The van der Waals surface area contributed by atoms with Crippen LogP contribution < -0.4 is 11.1 Å². The van der Waals surface area contributed by atoms with Crippen LogP contribution >= 0.6 is 11.6 Å². The first kappa shape index (κ1) is 12.8. The van der Waals surface area contributed by atoms with Crippen LogP contribution in [0, 0.1) is 6.92 Å². The Morgan fingerprint density at radius 3 is 2.61 bits per heavy atom. The van der Waals surface area contributed by atoms with Crippen LogP contribution in [0.15, 0.2) is 42.5 Å². The van der Waals surface area contributed by atoms with Gasteiger partial charge in [0.25, 0.3) is 0 Å². The number of para-hydroxylation sites is 1. The number of benzene rings is 2. The Labute approximate surface area is 113 Å². The molecule has 0 saturated heterocycles. The van der Waals surface area contributed by atoms with Crippen molar-refractivity contribution in [2.75, 3.05) is 17.6 Å². The maximum atomic E-state index is 6.10. The molecule has 3 heteroatoms. The minimum atomic E-state index is 0.666. The molecule has 0 amide bonds. The average Bonchev–Trinajstić information content (AvgIpc) is 2.35. The quantitative estimate of drug-likeness (QED) is 0.819. The molecule has 2 aromatic rings. The number of halogens is 1. The molecular weight excluding hydrogens is 244 g/mol. The van der Waals surface area contributed by atoms with Crippen molar-refractivity contribution in [3.05, 3.63) is 58.6 Å². The zero-order valence-corrected chi connectivity index (χ0v) is 11.2. The second-order valence-electron chi connectivity index (χ2n) is 4.31.